The molecule has 86 heavy (non-hydrogen) atoms. The van der Waals surface area contributed by atoms with Crippen molar-refractivity contribution >= 4 is 39.5 Å². The maximum Gasteiger partial charge on any atom is 0.472 e. The van der Waals surface area contributed by atoms with Gasteiger partial charge in [-0.3, -0.25) is 37.3 Å². The van der Waals surface area contributed by atoms with E-state index >= 15 is 0 Å². The second-order valence-electron chi connectivity index (χ2n) is 24.2. The van der Waals surface area contributed by atoms with Crippen molar-refractivity contribution < 1.29 is 80.2 Å². The standard InChI is InChI=1S/C67H130O17P2/c1-5-9-13-17-21-25-29-33-36-40-44-48-52-65(70)78-58-63(84-67(72)54-50-46-42-38-34-30-26-22-18-14-10-6-2)60-82-86(75,76)80-56-61(68)55-79-85(73,74)81-59-62(83-66(71)53-49-45-41-37-32-28-24-20-16-12-8-4)57-77-64(69)51-47-43-39-35-31-27-23-19-15-11-7-3/h61-63,68H,5-60H2,1-4H3,(H,73,74)(H,75,76)/t61?,62-,63-/m1/s1. The molecule has 0 aromatic rings. The number of ether oxygens (including phenoxy) is 4. The fraction of sp³-hybridized carbons (Fsp3) is 0.940. The quantitative estimate of drug-likeness (QED) is 0.0222. The highest BCUT2D eigenvalue weighted by atomic mass is 31.2. The Morgan fingerprint density at radius 1 is 0.279 bits per heavy atom. The Kier molecular flexibility index (Phi) is 60.5. The molecule has 0 aromatic heterocycles. The molecule has 0 spiro atoms. The molecule has 3 unspecified atom stereocenters. The van der Waals surface area contributed by atoms with E-state index in [2.05, 4.69) is 27.7 Å². The Morgan fingerprint density at radius 2 is 0.465 bits per heavy atom. The molecule has 0 aliphatic rings. The third-order valence-corrected chi connectivity index (χ3v) is 17.5. The van der Waals surface area contributed by atoms with Crippen molar-refractivity contribution in [3.8, 4) is 0 Å². The third kappa shape index (κ3) is 60.9. The minimum atomic E-state index is -4.94. The van der Waals surface area contributed by atoms with E-state index in [9.17, 15) is 43.2 Å². The van der Waals surface area contributed by atoms with Crippen LogP contribution in [-0.4, -0.2) is 96.7 Å². The van der Waals surface area contributed by atoms with Crippen LogP contribution in [0.5, 0.6) is 0 Å². The Balaban J connectivity index is 5.24. The molecule has 510 valence electrons. The number of carbonyl (C=O) groups is 4. The average Bonchev–Trinajstić information content (AvgIpc) is 3.60. The summed E-state index contributed by atoms with van der Waals surface area (Å²) in [6, 6.07) is 0. The molecule has 0 radical (unpaired) electrons. The van der Waals surface area contributed by atoms with E-state index in [0.717, 1.165) is 89.9 Å². The van der Waals surface area contributed by atoms with E-state index in [-0.39, 0.29) is 25.7 Å². The van der Waals surface area contributed by atoms with Gasteiger partial charge in [0.2, 0.25) is 0 Å². The largest absolute Gasteiger partial charge is 0.472 e. The highest BCUT2D eigenvalue weighted by Gasteiger charge is 2.30. The summed E-state index contributed by atoms with van der Waals surface area (Å²) >= 11 is 0. The van der Waals surface area contributed by atoms with Gasteiger partial charge in [-0.05, 0) is 25.7 Å². The molecule has 5 atom stereocenters. The van der Waals surface area contributed by atoms with Crippen LogP contribution in [0.3, 0.4) is 0 Å². The zero-order valence-corrected chi connectivity index (χ0v) is 57.1. The predicted octanol–water partition coefficient (Wildman–Crippen LogP) is 19.1. The predicted molar refractivity (Wildman–Crippen MR) is 345 cm³/mol. The lowest BCUT2D eigenvalue weighted by molar-refractivity contribution is -0.161. The third-order valence-electron chi connectivity index (χ3n) is 15.6. The number of esters is 4. The number of rotatable bonds is 68. The molecular formula is C67H130O17P2. The molecular weight excluding hydrogens is 1140 g/mol. The molecule has 0 bridgehead atoms. The lowest BCUT2D eigenvalue weighted by Gasteiger charge is -2.21. The molecule has 0 aliphatic heterocycles. The van der Waals surface area contributed by atoms with Crippen molar-refractivity contribution in [3.05, 3.63) is 0 Å². The summed E-state index contributed by atoms with van der Waals surface area (Å²) in [6.07, 6.45) is 48.3. The Labute approximate surface area is 524 Å². The van der Waals surface area contributed by atoms with Gasteiger partial charge in [-0.25, -0.2) is 9.13 Å². The number of unbranched alkanes of at least 4 members (excludes halogenated alkanes) is 42. The van der Waals surface area contributed by atoms with Crippen LogP contribution in [-0.2, 0) is 65.4 Å². The van der Waals surface area contributed by atoms with Gasteiger partial charge in [-0.15, -0.1) is 0 Å². The number of aliphatic hydroxyl groups excluding tert-OH is 1. The number of phosphoric ester groups is 2. The summed E-state index contributed by atoms with van der Waals surface area (Å²) in [5.74, 6) is -2.12. The molecule has 17 nitrogen and oxygen atoms in total. The Bertz CT molecular complexity index is 1650. The van der Waals surface area contributed by atoms with Gasteiger partial charge in [0, 0.05) is 25.7 Å². The van der Waals surface area contributed by atoms with Crippen LogP contribution >= 0.6 is 15.6 Å². The van der Waals surface area contributed by atoms with Crippen molar-refractivity contribution in [1.82, 2.24) is 0 Å². The molecule has 0 aliphatic carbocycles. The molecule has 3 N–H and O–H groups in total. The first kappa shape index (κ1) is 84.1. The zero-order valence-electron chi connectivity index (χ0n) is 55.3. The van der Waals surface area contributed by atoms with Gasteiger partial charge in [0.05, 0.1) is 26.4 Å². The fourth-order valence-corrected chi connectivity index (χ4v) is 11.7. The topological polar surface area (TPSA) is 237 Å². The molecule has 19 heteroatoms. The first-order valence-electron chi connectivity index (χ1n) is 35.3. The van der Waals surface area contributed by atoms with Gasteiger partial charge < -0.3 is 33.8 Å². The second kappa shape index (κ2) is 61.9. The van der Waals surface area contributed by atoms with Crippen LogP contribution < -0.4 is 0 Å². The highest BCUT2D eigenvalue weighted by molar-refractivity contribution is 7.47. The van der Waals surface area contributed by atoms with E-state index < -0.39 is 97.5 Å². The fourth-order valence-electron chi connectivity index (χ4n) is 10.2. The summed E-state index contributed by atoms with van der Waals surface area (Å²) in [7, 11) is -9.89. The number of aliphatic hydroxyl groups is 1. The van der Waals surface area contributed by atoms with Crippen molar-refractivity contribution in [3.63, 3.8) is 0 Å². The van der Waals surface area contributed by atoms with Crippen LogP contribution in [0, 0.1) is 0 Å². The Morgan fingerprint density at radius 3 is 0.686 bits per heavy atom. The van der Waals surface area contributed by atoms with Crippen LogP contribution in [0.4, 0.5) is 0 Å². The molecule has 0 saturated carbocycles. The van der Waals surface area contributed by atoms with Gasteiger partial charge in [0.15, 0.2) is 12.2 Å². The zero-order chi connectivity index (χ0) is 63.3. The maximum absolute atomic E-state index is 13.0. The SMILES string of the molecule is CCCCCCCCCCCCCCC(=O)OC[C@H](COP(=O)(O)OCC(O)COP(=O)(O)OC[C@@H](COC(=O)CCCCCCCCCCCCC)OC(=O)CCCCCCCCCCCCC)OC(=O)CCCCCCCCCCCCCC. The van der Waals surface area contributed by atoms with E-state index in [0.29, 0.717) is 25.7 Å². The normalized spacial score (nSPS) is 14.1. The lowest BCUT2D eigenvalue weighted by Crippen LogP contribution is -2.30. The lowest BCUT2D eigenvalue weighted by atomic mass is 10.0. The summed E-state index contributed by atoms with van der Waals surface area (Å²) in [6.45, 7) is 4.92. The summed E-state index contributed by atoms with van der Waals surface area (Å²) < 4.78 is 68.1. The van der Waals surface area contributed by atoms with Crippen LogP contribution in [0.25, 0.3) is 0 Å². The smallest absolute Gasteiger partial charge is 0.462 e. The number of carbonyl (C=O) groups excluding carboxylic acids is 4. The molecule has 0 fully saturated rings. The summed E-state index contributed by atoms with van der Waals surface area (Å²) in [4.78, 5) is 72.4. The summed E-state index contributed by atoms with van der Waals surface area (Å²) in [5, 5.41) is 10.6. The highest BCUT2D eigenvalue weighted by Crippen LogP contribution is 2.45. The van der Waals surface area contributed by atoms with Crippen LogP contribution in [0.2, 0.25) is 0 Å². The first-order chi connectivity index (χ1) is 41.7. The monoisotopic (exact) mass is 1270 g/mol. The molecule has 0 heterocycles. The van der Waals surface area contributed by atoms with E-state index in [4.69, 9.17) is 37.0 Å². The minimum Gasteiger partial charge on any atom is -0.462 e. The number of phosphoric acid groups is 2. The van der Waals surface area contributed by atoms with Gasteiger partial charge in [0.25, 0.3) is 0 Å². The molecule has 0 saturated heterocycles. The maximum atomic E-state index is 13.0. The van der Waals surface area contributed by atoms with Gasteiger partial charge in [-0.2, -0.15) is 0 Å². The summed E-state index contributed by atoms with van der Waals surface area (Å²) in [5.41, 5.74) is 0. The molecule has 0 amide bonds. The number of hydrogen-bond donors (Lipinski definition) is 3. The van der Waals surface area contributed by atoms with Crippen molar-refractivity contribution in [2.45, 2.75) is 367 Å². The molecule has 0 aromatic carbocycles. The van der Waals surface area contributed by atoms with Crippen LogP contribution in [0.15, 0.2) is 0 Å². The van der Waals surface area contributed by atoms with Crippen LogP contribution in [0.1, 0.15) is 349 Å². The second-order valence-corrected chi connectivity index (χ2v) is 27.1. The average molecular weight is 1270 g/mol. The van der Waals surface area contributed by atoms with Gasteiger partial charge in [0.1, 0.15) is 19.3 Å². The van der Waals surface area contributed by atoms with E-state index in [1.807, 2.05) is 0 Å². The van der Waals surface area contributed by atoms with E-state index in [1.165, 1.54) is 180 Å². The molecule has 0 rings (SSSR count). The van der Waals surface area contributed by atoms with Crippen molar-refractivity contribution in [2.75, 3.05) is 39.6 Å². The number of hydrogen-bond acceptors (Lipinski definition) is 15. The van der Waals surface area contributed by atoms with Gasteiger partial charge in [-0.1, -0.05) is 297 Å². The van der Waals surface area contributed by atoms with Crippen molar-refractivity contribution in [2.24, 2.45) is 0 Å². The first-order valence-corrected chi connectivity index (χ1v) is 38.3. The minimum absolute atomic E-state index is 0.108. The van der Waals surface area contributed by atoms with Crippen molar-refractivity contribution in [1.29, 1.82) is 0 Å². The van der Waals surface area contributed by atoms with Gasteiger partial charge >= 0.3 is 39.5 Å². The Hall–Kier alpha value is -1.94. The van der Waals surface area contributed by atoms with E-state index in [1.54, 1.807) is 0 Å².